The molecule has 3 aromatic rings. The zero-order valence-corrected chi connectivity index (χ0v) is 11.7. The minimum atomic E-state index is -0.991. The lowest BCUT2D eigenvalue weighted by Crippen LogP contribution is -2.13. The Balaban J connectivity index is 1.89. The molecule has 2 N–H and O–H groups in total. The molecule has 0 aliphatic heterocycles. The van der Waals surface area contributed by atoms with Gasteiger partial charge in [-0.1, -0.05) is 30.3 Å². The van der Waals surface area contributed by atoms with Crippen molar-refractivity contribution in [1.29, 1.82) is 0 Å². The van der Waals surface area contributed by atoms with E-state index >= 15 is 0 Å². The molecule has 1 heterocycles. The summed E-state index contributed by atoms with van der Waals surface area (Å²) >= 11 is 0. The number of aromatic amines is 1. The Bertz CT molecular complexity index is 846. The Morgan fingerprint density at radius 3 is 2.36 bits per heavy atom. The second-order valence-electron chi connectivity index (χ2n) is 4.97. The SMILES string of the molecule is O=C(O)c1ccc(-n2[nH]c(Cc3ccccc3)cc2=O)cc1. The molecule has 110 valence electrons. The van der Waals surface area contributed by atoms with Gasteiger partial charge in [0.15, 0.2) is 0 Å². The van der Waals surface area contributed by atoms with Crippen molar-refractivity contribution in [3.05, 3.63) is 87.8 Å². The number of carboxylic acid groups (broad SMARTS) is 1. The Morgan fingerprint density at radius 2 is 1.73 bits per heavy atom. The molecule has 5 nitrogen and oxygen atoms in total. The van der Waals surface area contributed by atoms with Crippen molar-refractivity contribution in [2.75, 3.05) is 0 Å². The highest BCUT2D eigenvalue weighted by atomic mass is 16.4. The molecule has 22 heavy (non-hydrogen) atoms. The van der Waals surface area contributed by atoms with Crippen molar-refractivity contribution in [1.82, 2.24) is 9.78 Å². The van der Waals surface area contributed by atoms with E-state index in [9.17, 15) is 9.59 Å². The number of aromatic nitrogens is 2. The molecule has 0 radical (unpaired) electrons. The number of carbonyl (C=O) groups is 1. The summed E-state index contributed by atoms with van der Waals surface area (Å²) in [6.45, 7) is 0. The molecule has 0 saturated heterocycles. The zero-order valence-electron chi connectivity index (χ0n) is 11.7. The normalized spacial score (nSPS) is 10.5. The Kier molecular flexibility index (Phi) is 3.62. The summed E-state index contributed by atoms with van der Waals surface area (Å²) in [5, 5.41) is 11.9. The van der Waals surface area contributed by atoms with Gasteiger partial charge in [-0.2, -0.15) is 0 Å². The number of nitrogens with one attached hydrogen (secondary N) is 1. The van der Waals surface area contributed by atoms with E-state index in [0.29, 0.717) is 12.1 Å². The maximum atomic E-state index is 12.1. The van der Waals surface area contributed by atoms with Gasteiger partial charge in [-0.25, -0.2) is 9.48 Å². The molecule has 0 aliphatic rings. The van der Waals surface area contributed by atoms with Crippen molar-refractivity contribution < 1.29 is 9.90 Å². The third-order valence-electron chi connectivity index (χ3n) is 3.38. The number of H-pyrrole nitrogens is 1. The van der Waals surface area contributed by atoms with E-state index in [-0.39, 0.29) is 11.1 Å². The summed E-state index contributed by atoms with van der Waals surface area (Å²) in [6.07, 6.45) is 0.635. The molecule has 5 heteroatoms. The van der Waals surface area contributed by atoms with Crippen LogP contribution in [0, 0.1) is 0 Å². The van der Waals surface area contributed by atoms with Gasteiger partial charge in [-0.3, -0.25) is 9.89 Å². The largest absolute Gasteiger partial charge is 0.478 e. The third kappa shape index (κ3) is 2.83. The molecule has 0 atom stereocenters. The summed E-state index contributed by atoms with van der Waals surface area (Å²) in [7, 11) is 0. The van der Waals surface area contributed by atoms with Crippen LogP contribution in [0.3, 0.4) is 0 Å². The Hall–Kier alpha value is -3.08. The maximum Gasteiger partial charge on any atom is 0.335 e. The monoisotopic (exact) mass is 294 g/mol. The average Bonchev–Trinajstić information content (AvgIpc) is 2.89. The van der Waals surface area contributed by atoms with Gasteiger partial charge in [0.1, 0.15) is 0 Å². The van der Waals surface area contributed by atoms with Crippen molar-refractivity contribution in [3.63, 3.8) is 0 Å². The highest BCUT2D eigenvalue weighted by Crippen LogP contribution is 2.10. The van der Waals surface area contributed by atoms with Gasteiger partial charge in [0.05, 0.1) is 11.3 Å². The van der Waals surface area contributed by atoms with E-state index in [2.05, 4.69) is 5.10 Å². The van der Waals surface area contributed by atoms with Gasteiger partial charge in [-0.05, 0) is 29.8 Å². The second kappa shape index (κ2) is 5.73. The molecular weight excluding hydrogens is 280 g/mol. The third-order valence-corrected chi connectivity index (χ3v) is 3.38. The van der Waals surface area contributed by atoms with Crippen LogP contribution in [-0.4, -0.2) is 20.9 Å². The van der Waals surface area contributed by atoms with Gasteiger partial charge >= 0.3 is 5.97 Å². The first-order valence-corrected chi connectivity index (χ1v) is 6.82. The summed E-state index contributed by atoms with van der Waals surface area (Å²) < 4.78 is 1.41. The predicted molar refractivity (Wildman–Crippen MR) is 82.6 cm³/mol. The molecule has 1 aromatic heterocycles. The van der Waals surface area contributed by atoms with E-state index in [0.717, 1.165) is 11.3 Å². The molecule has 0 aliphatic carbocycles. The molecule has 3 rings (SSSR count). The quantitative estimate of drug-likeness (QED) is 0.776. The van der Waals surface area contributed by atoms with Gasteiger partial charge in [0, 0.05) is 18.2 Å². The number of hydrogen-bond acceptors (Lipinski definition) is 2. The maximum absolute atomic E-state index is 12.1. The number of nitrogens with zero attached hydrogens (tertiary/aromatic N) is 1. The van der Waals surface area contributed by atoms with Crippen LogP contribution in [0.4, 0.5) is 0 Å². The van der Waals surface area contributed by atoms with Crippen LogP contribution in [-0.2, 0) is 6.42 Å². The average molecular weight is 294 g/mol. The van der Waals surface area contributed by atoms with Crippen LogP contribution in [0.1, 0.15) is 21.6 Å². The lowest BCUT2D eigenvalue weighted by atomic mass is 10.1. The lowest BCUT2D eigenvalue weighted by molar-refractivity contribution is 0.0697. The number of rotatable bonds is 4. The minimum Gasteiger partial charge on any atom is -0.478 e. The van der Waals surface area contributed by atoms with E-state index in [1.807, 2.05) is 30.3 Å². The molecule has 0 saturated carbocycles. The van der Waals surface area contributed by atoms with Crippen LogP contribution in [0.5, 0.6) is 0 Å². The first kappa shape index (κ1) is 13.9. The highest BCUT2D eigenvalue weighted by Gasteiger charge is 2.07. The number of carboxylic acids is 1. The van der Waals surface area contributed by atoms with Gasteiger partial charge < -0.3 is 5.11 Å². The highest BCUT2D eigenvalue weighted by molar-refractivity contribution is 5.87. The molecule has 0 bridgehead atoms. The van der Waals surface area contributed by atoms with E-state index in [4.69, 9.17) is 5.11 Å². The van der Waals surface area contributed by atoms with E-state index in [1.165, 1.54) is 16.8 Å². The first-order chi connectivity index (χ1) is 10.6. The molecule has 0 unspecified atom stereocenters. The number of benzene rings is 2. The van der Waals surface area contributed by atoms with Crippen LogP contribution >= 0.6 is 0 Å². The lowest BCUT2D eigenvalue weighted by Gasteiger charge is -2.03. The van der Waals surface area contributed by atoms with Crippen LogP contribution in [0.25, 0.3) is 5.69 Å². The van der Waals surface area contributed by atoms with Crippen molar-refractivity contribution in [3.8, 4) is 5.69 Å². The van der Waals surface area contributed by atoms with Gasteiger partial charge in [-0.15, -0.1) is 0 Å². The Morgan fingerprint density at radius 1 is 1.05 bits per heavy atom. The van der Waals surface area contributed by atoms with Crippen molar-refractivity contribution in [2.24, 2.45) is 0 Å². The van der Waals surface area contributed by atoms with Gasteiger partial charge in [0.25, 0.3) is 5.56 Å². The standard InChI is InChI=1S/C17H14N2O3/c20-16-11-14(10-12-4-2-1-3-5-12)18-19(16)15-8-6-13(7-9-15)17(21)22/h1-9,11,18H,10H2,(H,21,22). The summed E-state index contributed by atoms with van der Waals surface area (Å²) in [5.41, 5.74) is 2.53. The number of hydrogen-bond donors (Lipinski definition) is 2. The molecular formula is C17H14N2O3. The zero-order chi connectivity index (χ0) is 15.5. The smallest absolute Gasteiger partial charge is 0.335 e. The Labute approximate surface area is 126 Å². The fourth-order valence-corrected chi connectivity index (χ4v) is 2.30. The summed E-state index contributed by atoms with van der Waals surface area (Å²) in [6, 6.07) is 17.6. The van der Waals surface area contributed by atoms with Crippen LogP contribution in [0.2, 0.25) is 0 Å². The van der Waals surface area contributed by atoms with Crippen LogP contribution in [0.15, 0.2) is 65.5 Å². The first-order valence-electron chi connectivity index (χ1n) is 6.82. The predicted octanol–water partition coefficient (Wildman–Crippen LogP) is 2.45. The second-order valence-corrected chi connectivity index (χ2v) is 4.97. The molecule has 0 amide bonds. The van der Waals surface area contributed by atoms with Crippen molar-refractivity contribution >= 4 is 5.97 Å². The summed E-state index contributed by atoms with van der Waals surface area (Å²) in [4.78, 5) is 22.9. The molecule has 0 fully saturated rings. The van der Waals surface area contributed by atoms with E-state index in [1.54, 1.807) is 18.2 Å². The molecule has 2 aromatic carbocycles. The van der Waals surface area contributed by atoms with Crippen molar-refractivity contribution in [2.45, 2.75) is 6.42 Å². The fraction of sp³-hybridized carbons (Fsp3) is 0.0588. The molecule has 0 spiro atoms. The van der Waals surface area contributed by atoms with E-state index < -0.39 is 5.97 Å². The van der Waals surface area contributed by atoms with Gasteiger partial charge in [0.2, 0.25) is 0 Å². The number of aromatic carboxylic acids is 1. The topological polar surface area (TPSA) is 75.1 Å². The van der Waals surface area contributed by atoms with Crippen LogP contribution < -0.4 is 5.56 Å². The fourth-order valence-electron chi connectivity index (χ4n) is 2.30. The summed E-state index contributed by atoms with van der Waals surface area (Å²) in [5.74, 6) is -0.991. The minimum absolute atomic E-state index is 0.172.